The van der Waals surface area contributed by atoms with Gasteiger partial charge in [0.25, 0.3) is 0 Å². The van der Waals surface area contributed by atoms with Gasteiger partial charge in [0, 0.05) is 0 Å². The Morgan fingerprint density at radius 2 is 1.00 bits per heavy atom. The Hall–Kier alpha value is -2.12. The molecule has 0 radical (unpaired) electrons. The van der Waals surface area contributed by atoms with Crippen molar-refractivity contribution < 1.29 is 0 Å². The summed E-state index contributed by atoms with van der Waals surface area (Å²) in [7, 11) is -0.954. The van der Waals surface area contributed by atoms with Gasteiger partial charge in [0.05, 0.1) is 0 Å². The van der Waals surface area contributed by atoms with Crippen molar-refractivity contribution in [3.05, 3.63) is 89.5 Å². The van der Waals surface area contributed by atoms with Crippen molar-refractivity contribution in [3.63, 3.8) is 0 Å². The molecule has 22 heavy (non-hydrogen) atoms. The van der Waals surface area contributed by atoms with Crippen LogP contribution in [0.4, 0.5) is 0 Å². The molecule has 0 aliphatic heterocycles. The summed E-state index contributed by atoms with van der Waals surface area (Å²) in [4.78, 5) is 0. The van der Waals surface area contributed by atoms with Gasteiger partial charge < -0.3 is 0 Å². The van der Waals surface area contributed by atoms with Gasteiger partial charge in [-0.1, -0.05) is 89.5 Å². The molecule has 0 heterocycles. The summed E-state index contributed by atoms with van der Waals surface area (Å²) in [5, 5.41) is 4.44. The zero-order valence-electron chi connectivity index (χ0n) is 13.4. The van der Waals surface area contributed by atoms with E-state index in [-0.39, 0.29) is 0 Å². The maximum absolute atomic E-state index is 2.32. The fourth-order valence-electron chi connectivity index (χ4n) is 3.24. The standard InChI is InChI=1S/C21H21Si/c1-16-14-17(2)21(18(3)15-16)22(19-10-6-4-7-11-19)20-12-8-5-9-13-20/h4-15H,1-3H3/q-1. The molecule has 0 saturated carbocycles. The summed E-state index contributed by atoms with van der Waals surface area (Å²) in [6.45, 7) is 6.69. The highest BCUT2D eigenvalue weighted by atomic mass is 28.3. The Kier molecular flexibility index (Phi) is 4.26. The Bertz CT molecular complexity index is 698. The van der Waals surface area contributed by atoms with Crippen LogP contribution in [0.15, 0.2) is 72.8 Å². The summed E-state index contributed by atoms with van der Waals surface area (Å²) in [6.07, 6.45) is 0. The molecule has 3 aromatic rings. The smallest absolute Gasteiger partial charge is 0.0398 e. The van der Waals surface area contributed by atoms with Crippen LogP contribution < -0.4 is 15.6 Å². The molecule has 0 aliphatic carbocycles. The van der Waals surface area contributed by atoms with E-state index in [0.29, 0.717) is 0 Å². The van der Waals surface area contributed by atoms with Gasteiger partial charge in [0.1, 0.15) is 0 Å². The second-order valence-electron chi connectivity index (χ2n) is 5.88. The first kappa shape index (κ1) is 14.8. The largest absolute Gasteiger partial charge is 0.218 e. The molecule has 0 nitrogen and oxygen atoms in total. The van der Waals surface area contributed by atoms with Crippen molar-refractivity contribution in [3.8, 4) is 0 Å². The van der Waals surface area contributed by atoms with Gasteiger partial charge in [-0.05, 0) is 20.8 Å². The van der Waals surface area contributed by atoms with Crippen molar-refractivity contribution in [2.45, 2.75) is 20.8 Å². The minimum absolute atomic E-state index is 0.954. The summed E-state index contributed by atoms with van der Waals surface area (Å²) in [6, 6.07) is 26.6. The molecule has 1 heteroatoms. The maximum atomic E-state index is 2.32. The summed E-state index contributed by atoms with van der Waals surface area (Å²) in [5.74, 6) is 0. The normalized spacial score (nSPS) is 10.5. The lowest BCUT2D eigenvalue weighted by molar-refractivity contribution is 1.35. The van der Waals surface area contributed by atoms with Crippen molar-refractivity contribution in [2.24, 2.45) is 0 Å². The minimum atomic E-state index is -0.954. The van der Waals surface area contributed by atoms with Crippen LogP contribution >= 0.6 is 0 Å². The van der Waals surface area contributed by atoms with Crippen LogP contribution in [0.2, 0.25) is 0 Å². The molecule has 3 rings (SSSR count). The van der Waals surface area contributed by atoms with Crippen molar-refractivity contribution in [1.82, 2.24) is 0 Å². The number of hydrogen-bond donors (Lipinski definition) is 0. The average Bonchev–Trinajstić information content (AvgIpc) is 2.52. The zero-order valence-corrected chi connectivity index (χ0v) is 14.4. The predicted octanol–water partition coefficient (Wildman–Crippen LogP) is 3.13. The van der Waals surface area contributed by atoms with Crippen LogP contribution in [0, 0.1) is 20.8 Å². The van der Waals surface area contributed by atoms with E-state index < -0.39 is 8.80 Å². The molecular weight excluding hydrogens is 280 g/mol. The first-order valence-corrected chi connectivity index (χ1v) is 9.23. The fraction of sp³-hybridized carbons (Fsp3) is 0.143. The molecule has 0 unspecified atom stereocenters. The Morgan fingerprint density at radius 3 is 1.41 bits per heavy atom. The zero-order chi connectivity index (χ0) is 15.5. The lowest BCUT2D eigenvalue weighted by Gasteiger charge is -2.37. The Balaban J connectivity index is 2.24. The fourth-order valence-corrected chi connectivity index (χ4v) is 6.13. The lowest BCUT2D eigenvalue weighted by atomic mass is 10.1. The molecule has 0 amide bonds. The number of rotatable bonds is 3. The molecular formula is C21H21Si-. The molecule has 0 aliphatic rings. The van der Waals surface area contributed by atoms with E-state index in [0.717, 1.165) is 0 Å². The van der Waals surface area contributed by atoms with Gasteiger partial charge >= 0.3 is 0 Å². The van der Waals surface area contributed by atoms with Gasteiger partial charge in [-0.2, -0.15) is 15.6 Å². The third-order valence-electron chi connectivity index (χ3n) is 4.05. The molecule has 0 saturated heterocycles. The topological polar surface area (TPSA) is 0 Å². The number of aryl methyl sites for hydroxylation is 3. The number of benzene rings is 3. The Morgan fingerprint density at radius 1 is 0.591 bits per heavy atom. The molecule has 3 aromatic carbocycles. The van der Waals surface area contributed by atoms with E-state index >= 15 is 0 Å². The van der Waals surface area contributed by atoms with Gasteiger partial charge in [0.15, 0.2) is 0 Å². The molecule has 0 spiro atoms. The molecule has 0 aromatic heterocycles. The van der Waals surface area contributed by atoms with Crippen molar-refractivity contribution in [2.75, 3.05) is 0 Å². The van der Waals surface area contributed by atoms with Gasteiger partial charge in [-0.3, -0.25) is 0 Å². The highest BCUT2D eigenvalue weighted by Crippen LogP contribution is 2.08. The molecule has 0 atom stereocenters. The summed E-state index contributed by atoms with van der Waals surface area (Å²) >= 11 is 0. The first-order chi connectivity index (χ1) is 10.7. The molecule has 0 fully saturated rings. The van der Waals surface area contributed by atoms with Crippen LogP contribution in [0.5, 0.6) is 0 Å². The predicted molar refractivity (Wildman–Crippen MR) is 98.2 cm³/mol. The minimum Gasteiger partial charge on any atom is -0.218 e. The molecule has 0 N–H and O–H groups in total. The maximum Gasteiger partial charge on any atom is -0.0398 e. The summed E-state index contributed by atoms with van der Waals surface area (Å²) in [5.41, 5.74) is 4.18. The SMILES string of the molecule is Cc1cc(C)c([Si-](c2ccccc2)c2ccccc2)c(C)c1. The average molecular weight is 301 g/mol. The lowest BCUT2D eigenvalue weighted by Crippen LogP contribution is -2.53. The van der Waals surface area contributed by atoms with Crippen molar-refractivity contribution in [1.29, 1.82) is 0 Å². The monoisotopic (exact) mass is 301 g/mol. The third kappa shape index (κ3) is 2.90. The number of hydrogen-bond acceptors (Lipinski definition) is 0. The van der Waals surface area contributed by atoms with E-state index in [1.54, 1.807) is 0 Å². The van der Waals surface area contributed by atoms with E-state index in [2.05, 4.69) is 93.6 Å². The van der Waals surface area contributed by atoms with Crippen molar-refractivity contribution >= 4 is 24.4 Å². The van der Waals surface area contributed by atoms with E-state index in [9.17, 15) is 0 Å². The van der Waals surface area contributed by atoms with Crippen LogP contribution in [0.1, 0.15) is 16.7 Å². The second-order valence-corrected chi connectivity index (χ2v) is 8.29. The van der Waals surface area contributed by atoms with Gasteiger partial charge in [-0.15, -0.1) is 0 Å². The highest BCUT2D eigenvalue weighted by molar-refractivity contribution is 6.96. The highest BCUT2D eigenvalue weighted by Gasteiger charge is 2.07. The first-order valence-electron chi connectivity index (χ1n) is 7.73. The molecule has 110 valence electrons. The van der Waals surface area contributed by atoms with Gasteiger partial charge in [-0.25, -0.2) is 8.80 Å². The van der Waals surface area contributed by atoms with Gasteiger partial charge in [0.2, 0.25) is 0 Å². The Labute approximate surface area is 135 Å². The molecule has 0 bridgehead atoms. The van der Waals surface area contributed by atoms with E-state index in [4.69, 9.17) is 0 Å². The third-order valence-corrected chi connectivity index (χ3v) is 7.16. The van der Waals surface area contributed by atoms with Crippen LogP contribution in [-0.2, 0) is 0 Å². The van der Waals surface area contributed by atoms with Crippen LogP contribution in [-0.4, -0.2) is 8.80 Å². The van der Waals surface area contributed by atoms with E-state index in [1.165, 1.54) is 32.3 Å². The summed E-state index contributed by atoms with van der Waals surface area (Å²) < 4.78 is 0. The van der Waals surface area contributed by atoms with Crippen LogP contribution in [0.25, 0.3) is 0 Å². The quantitative estimate of drug-likeness (QED) is 0.515. The van der Waals surface area contributed by atoms with E-state index in [1.807, 2.05) is 0 Å². The second kappa shape index (κ2) is 6.33. The van der Waals surface area contributed by atoms with Crippen LogP contribution in [0.3, 0.4) is 0 Å².